The topological polar surface area (TPSA) is 58.6 Å². The van der Waals surface area contributed by atoms with Crippen LogP contribution in [0.2, 0.25) is 0 Å². The number of unbranched alkanes of at least 4 members (excludes halogenated alkanes) is 1. The highest BCUT2D eigenvalue weighted by Crippen LogP contribution is 2.28. The number of rotatable bonds is 8. The summed E-state index contributed by atoms with van der Waals surface area (Å²) in [5.41, 5.74) is 0.236. The van der Waals surface area contributed by atoms with Crippen LogP contribution in [0.1, 0.15) is 38.7 Å². The van der Waals surface area contributed by atoms with Crippen molar-refractivity contribution in [1.29, 1.82) is 0 Å². The van der Waals surface area contributed by atoms with Crippen molar-refractivity contribution in [3.05, 3.63) is 35.4 Å². The minimum absolute atomic E-state index is 0.00902. The number of ether oxygens (including phenoxy) is 1. The summed E-state index contributed by atoms with van der Waals surface area (Å²) < 4.78 is 32.3. The van der Waals surface area contributed by atoms with Gasteiger partial charge in [0.1, 0.15) is 11.6 Å². The fourth-order valence-corrected chi connectivity index (χ4v) is 4.07. The Hall–Kier alpha value is -1.67. The van der Waals surface area contributed by atoms with Crippen LogP contribution in [-0.4, -0.2) is 47.1 Å². The Bertz CT molecular complexity index is 660. The fraction of sp³-hybridized carbons (Fsp3) is 0.579. The Labute approximate surface area is 162 Å². The van der Waals surface area contributed by atoms with Crippen LogP contribution in [-0.2, 0) is 16.1 Å². The summed E-state index contributed by atoms with van der Waals surface area (Å²) >= 11 is 1.22. The van der Waals surface area contributed by atoms with Crippen LogP contribution in [0.3, 0.4) is 0 Å². The van der Waals surface area contributed by atoms with E-state index in [2.05, 4.69) is 5.32 Å². The average Bonchev–Trinajstić information content (AvgIpc) is 3.00. The SMILES string of the molecule is CCCCOC(=O)N1C[C@H](SC(C)=O)C[C@H]1CNCc1cc(F)ccc1F. The maximum Gasteiger partial charge on any atom is 0.410 e. The minimum atomic E-state index is -0.492. The zero-order valence-electron chi connectivity index (χ0n) is 15.7. The first kappa shape index (κ1) is 21.6. The van der Waals surface area contributed by atoms with Gasteiger partial charge in [0, 0.05) is 43.4 Å². The lowest BCUT2D eigenvalue weighted by molar-refractivity contribution is -0.109. The minimum Gasteiger partial charge on any atom is -0.449 e. The number of halogens is 2. The quantitative estimate of drug-likeness (QED) is 0.674. The highest BCUT2D eigenvalue weighted by Gasteiger charge is 2.36. The molecule has 1 heterocycles. The molecule has 1 aromatic carbocycles. The summed E-state index contributed by atoms with van der Waals surface area (Å²) in [6.45, 7) is 4.90. The first-order valence-electron chi connectivity index (χ1n) is 9.16. The zero-order chi connectivity index (χ0) is 19.8. The van der Waals surface area contributed by atoms with Crippen LogP contribution >= 0.6 is 11.8 Å². The fourth-order valence-electron chi connectivity index (χ4n) is 3.05. The van der Waals surface area contributed by atoms with Crippen LogP contribution in [0.15, 0.2) is 18.2 Å². The Balaban J connectivity index is 1.94. The maximum absolute atomic E-state index is 13.7. The van der Waals surface area contributed by atoms with Gasteiger partial charge in [-0.15, -0.1) is 0 Å². The van der Waals surface area contributed by atoms with E-state index in [9.17, 15) is 18.4 Å². The zero-order valence-corrected chi connectivity index (χ0v) is 16.5. The largest absolute Gasteiger partial charge is 0.449 e. The van der Waals surface area contributed by atoms with Crippen molar-refractivity contribution in [2.75, 3.05) is 19.7 Å². The predicted molar refractivity (Wildman–Crippen MR) is 101 cm³/mol. The van der Waals surface area contributed by atoms with E-state index in [0.29, 0.717) is 26.1 Å². The molecule has 1 fully saturated rings. The lowest BCUT2D eigenvalue weighted by atomic mass is 10.2. The van der Waals surface area contributed by atoms with Gasteiger partial charge in [0.05, 0.1) is 6.61 Å². The van der Waals surface area contributed by atoms with E-state index in [4.69, 9.17) is 4.74 Å². The molecular formula is C19H26F2N2O3S. The number of benzene rings is 1. The molecule has 8 heteroatoms. The molecule has 1 N–H and O–H groups in total. The van der Waals surface area contributed by atoms with Gasteiger partial charge < -0.3 is 15.0 Å². The molecule has 1 saturated heterocycles. The van der Waals surface area contributed by atoms with Crippen molar-refractivity contribution in [3.63, 3.8) is 0 Å². The second-order valence-corrected chi connectivity index (χ2v) is 8.09. The lowest BCUT2D eigenvalue weighted by Gasteiger charge is -2.24. The third kappa shape index (κ3) is 6.77. The number of carbonyl (C=O) groups is 2. The second kappa shape index (κ2) is 10.6. The van der Waals surface area contributed by atoms with Crippen LogP contribution in [0.5, 0.6) is 0 Å². The molecule has 0 unspecified atom stereocenters. The number of likely N-dealkylation sites (tertiary alicyclic amines) is 1. The van der Waals surface area contributed by atoms with E-state index in [0.717, 1.165) is 31.0 Å². The number of nitrogens with zero attached hydrogens (tertiary/aromatic N) is 1. The molecular weight excluding hydrogens is 374 g/mol. The molecule has 150 valence electrons. The molecule has 27 heavy (non-hydrogen) atoms. The molecule has 5 nitrogen and oxygen atoms in total. The van der Waals surface area contributed by atoms with Gasteiger partial charge in [0.15, 0.2) is 5.12 Å². The van der Waals surface area contributed by atoms with E-state index in [1.807, 2.05) is 6.92 Å². The summed E-state index contributed by atoms with van der Waals surface area (Å²) in [4.78, 5) is 25.4. The highest BCUT2D eigenvalue weighted by atomic mass is 32.2. The molecule has 1 aliphatic heterocycles. The molecule has 0 aliphatic carbocycles. The van der Waals surface area contributed by atoms with Crippen molar-refractivity contribution in [2.24, 2.45) is 0 Å². The first-order valence-corrected chi connectivity index (χ1v) is 10.0. The first-order chi connectivity index (χ1) is 12.9. The molecule has 0 spiro atoms. The summed E-state index contributed by atoms with van der Waals surface area (Å²) in [6.07, 6.45) is 1.98. The van der Waals surface area contributed by atoms with Crippen LogP contribution in [0.4, 0.5) is 13.6 Å². The van der Waals surface area contributed by atoms with Gasteiger partial charge in [-0.1, -0.05) is 25.1 Å². The van der Waals surface area contributed by atoms with Crippen LogP contribution in [0.25, 0.3) is 0 Å². The van der Waals surface area contributed by atoms with Gasteiger partial charge in [-0.25, -0.2) is 13.6 Å². The van der Waals surface area contributed by atoms with Gasteiger partial charge in [-0.3, -0.25) is 4.79 Å². The summed E-state index contributed by atoms with van der Waals surface area (Å²) in [6, 6.07) is 3.17. The van der Waals surface area contributed by atoms with Gasteiger partial charge in [-0.05, 0) is 31.0 Å². The summed E-state index contributed by atoms with van der Waals surface area (Å²) in [5, 5.41) is 3.11. The molecule has 0 radical (unpaired) electrons. The second-order valence-electron chi connectivity index (χ2n) is 6.61. The molecule has 0 bridgehead atoms. The molecule has 2 rings (SSSR count). The van der Waals surface area contributed by atoms with Crippen molar-refractivity contribution in [2.45, 2.75) is 50.9 Å². The Morgan fingerprint density at radius 1 is 1.37 bits per heavy atom. The van der Waals surface area contributed by atoms with E-state index < -0.39 is 11.6 Å². The Morgan fingerprint density at radius 3 is 2.85 bits per heavy atom. The number of amides is 1. The van der Waals surface area contributed by atoms with Crippen LogP contribution < -0.4 is 5.32 Å². The predicted octanol–water partition coefficient (Wildman–Crippen LogP) is 3.71. The van der Waals surface area contributed by atoms with E-state index >= 15 is 0 Å². The van der Waals surface area contributed by atoms with Crippen molar-refractivity contribution in [3.8, 4) is 0 Å². The Morgan fingerprint density at radius 2 is 2.15 bits per heavy atom. The Kier molecular flexibility index (Phi) is 8.50. The van der Waals surface area contributed by atoms with Crippen molar-refractivity contribution in [1.82, 2.24) is 10.2 Å². The van der Waals surface area contributed by atoms with Crippen molar-refractivity contribution >= 4 is 23.0 Å². The highest BCUT2D eigenvalue weighted by molar-refractivity contribution is 8.14. The number of hydrogen-bond acceptors (Lipinski definition) is 5. The molecule has 0 saturated carbocycles. The third-order valence-electron chi connectivity index (χ3n) is 4.37. The molecule has 1 aromatic rings. The van der Waals surface area contributed by atoms with Gasteiger partial charge in [0.25, 0.3) is 0 Å². The molecule has 0 aromatic heterocycles. The van der Waals surface area contributed by atoms with E-state index in [1.54, 1.807) is 4.90 Å². The number of carbonyl (C=O) groups excluding carboxylic acids is 2. The maximum atomic E-state index is 13.7. The van der Waals surface area contributed by atoms with Gasteiger partial charge in [0.2, 0.25) is 0 Å². The third-order valence-corrected chi connectivity index (χ3v) is 5.38. The molecule has 1 aliphatic rings. The summed E-state index contributed by atoms with van der Waals surface area (Å²) in [5.74, 6) is -0.968. The standard InChI is InChI=1S/C19H26F2N2O3S/c1-3-4-7-26-19(25)23-12-17(27-13(2)24)9-16(23)11-22-10-14-8-15(20)5-6-18(14)21/h5-6,8,16-17,22H,3-4,7,9-12H2,1-2H3/t16-,17+/m0/s1. The average molecular weight is 400 g/mol. The summed E-state index contributed by atoms with van der Waals surface area (Å²) in [7, 11) is 0. The van der Waals surface area contributed by atoms with E-state index in [-0.39, 0.29) is 34.6 Å². The van der Waals surface area contributed by atoms with Crippen molar-refractivity contribution < 1.29 is 23.1 Å². The van der Waals surface area contributed by atoms with Crippen LogP contribution in [0, 0.1) is 11.6 Å². The molecule has 1 amide bonds. The van der Waals surface area contributed by atoms with Gasteiger partial charge >= 0.3 is 6.09 Å². The smallest absolute Gasteiger partial charge is 0.410 e. The van der Waals surface area contributed by atoms with E-state index in [1.165, 1.54) is 18.7 Å². The number of hydrogen-bond donors (Lipinski definition) is 1. The number of nitrogens with one attached hydrogen (secondary N) is 1. The lowest BCUT2D eigenvalue weighted by Crippen LogP contribution is -2.42. The normalized spacial score (nSPS) is 19.3. The number of thioether (sulfide) groups is 1. The molecule has 2 atom stereocenters. The monoisotopic (exact) mass is 400 g/mol. The van der Waals surface area contributed by atoms with Gasteiger partial charge in [-0.2, -0.15) is 0 Å².